The van der Waals surface area contributed by atoms with Crippen LogP contribution in [0.15, 0.2) is 18.2 Å². The number of nitrogens with one attached hydrogen (secondary N) is 1. The van der Waals surface area contributed by atoms with Crippen LogP contribution in [0, 0.1) is 6.92 Å². The predicted molar refractivity (Wildman–Crippen MR) is 83.6 cm³/mol. The molecule has 1 aromatic heterocycles. The van der Waals surface area contributed by atoms with Crippen molar-refractivity contribution in [1.82, 2.24) is 10.3 Å². The number of nitrogens with zero attached hydrogens (tertiary/aromatic N) is 1. The molecule has 2 aromatic rings. The molecule has 106 valence electrons. The lowest BCUT2D eigenvalue weighted by Crippen LogP contribution is -2.19. The number of aryl methyl sites for hydroxylation is 2. The molecule has 1 aliphatic carbocycles. The average molecular weight is 288 g/mol. The topological polar surface area (TPSA) is 34.2 Å². The van der Waals surface area contributed by atoms with Crippen LogP contribution in [0.4, 0.5) is 0 Å². The fraction of sp³-hybridized carbons (Fsp3) is 0.438. The van der Waals surface area contributed by atoms with Gasteiger partial charge >= 0.3 is 0 Å². The molecule has 3 rings (SSSR count). The van der Waals surface area contributed by atoms with Gasteiger partial charge in [0.2, 0.25) is 0 Å². The zero-order chi connectivity index (χ0) is 14.1. The molecular weight excluding hydrogens is 268 g/mol. The smallest absolute Gasteiger partial charge is 0.129 e. The third kappa shape index (κ3) is 2.34. The summed E-state index contributed by atoms with van der Waals surface area (Å²) in [6, 6.07) is 6.77. The van der Waals surface area contributed by atoms with E-state index in [1.54, 1.807) is 18.4 Å². The molecule has 0 aliphatic heterocycles. The second-order valence-electron chi connectivity index (χ2n) is 5.27. The van der Waals surface area contributed by atoms with E-state index in [2.05, 4.69) is 30.4 Å². The summed E-state index contributed by atoms with van der Waals surface area (Å²) >= 11 is 1.80. The number of ether oxygens (including phenoxy) is 1. The van der Waals surface area contributed by atoms with E-state index in [0.29, 0.717) is 6.04 Å². The van der Waals surface area contributed by atoms with Gasteiger partial charge in [-0.05, 0) is 50.9 Å². The summed E-state index contributed by atoms with van der Waals surface area (Å²) in [5, 5.41) is 4.48. The lowest BCUT2D eigenvalue weighted by molar-refractivity contribution is 0.416. The van der Waals surface area contributed by atoms with Crippen LogP contribution < -0.4 is 10.1 Å². The van der Waals surface area contributed by atoms with E-state index in [4.69, 9.17) is 9.72 Å². The Balaban J connectivity index is 2.05. The zero-order valence-electron chi connectivity index (χ0n) is 12.2. The summed E-state index contributed by atoms with van der Waals surface area (Å²) < 4.78 is 5.52. The molecule has 0 fully saturated rings. The SMILES string of the molecule is CNC1CCCc2nc(-c3ccc(C)cc3OC)sc21. The highest BCUT2D eigenvalue weighted by Gasteiger charge is 2.24. The van der Waals surface area contributed by atoms with E-state index in [1.807, 2.05) is 7.05 Å². The van der Waals surface area contributed by atoms with Crippen molar-refractivity contribution < 1.29 is 4.74 Å². The molecule has 1 aromatic carbocycles. The molecule has 4 heteroatoms. The Labute approximate surface area is 124 Å². The van der Waals surface area contributed by atoms with Gasteiger partial charge in [-0.15, -0.1) is 11.3 Å². The van der Waals surface area contributed by atoms with E-state index >= 15 is 0 Å². The third-order valence-electron chi connectivity index (χ3n) is 3.89. The Morgan fingerprint density at radius 1 is 1.40 bits per heavy atom. The normalized spacial score (nSPS) is 17.9. The standard InChI is InChI=1S/C16H20N2OS/c1-10-7-8-11(14(9-10)19-3)16-18-13-6-4-5-12(17-2)15(13)20-16/h7-9,12,17H,4-6H2,1-3H3. The van der Waals surface area contributed by atoms with Crippen LogP contribution >= 0.6 is 11.3 Å². The van der Waals surface area contributed by atoms with Gasteiger partial charge in [0.25, 0.3) is 0 Å². The van der Waals surface area contributed by atoms with E-state index < -0.39 is 0 Å². The summed E-state index contributed by atoms with van der Waals surface area (Å²) in [4.78, 5) is 6.26. The molecule has 1 aliphatic rings. The third-order valence-corrected chi connectivity index (χ3v) is 5.13. The second kappa shape index (κ2) is 5.54. The summed E-state index contributed by atoms with van der Waals surface area (Å²) in [5.41, 5.74) is 3.57. The van der Waals surface area contributed by atoms with Gasteiger partial charge in [-0.2, -0.15) is 0 Å². The molecule has 0 saturated carbocycles. The summed E-state index contributed by atoms with van der Waals surface area (Å²) in [6.45, 7) is 2.08. The fourth-order valence-corrected chi connectivity index (χ4v) is 4.07. The van der Waals surface area contributed by atoms with E-state index in [0.717, 1.165) is 22.7 Å². The first-order valence-electron chi connectivity index (χ1n) is 7.05. The maximum atomic E-state index is 5.52. The largest absolute Gasteiger partial charge is 0.496 e. The van der Waals surface area contributed by atoms with Gasteiger partial charge in [-0.25, -0.2) is 4.98 Å². The van der Waals surface area contributed by atoms with Crippen LogP contribution in [0.5, 0.6) is 5.75 Å². The minimum absolute atomic E-state index is 0.460. The number of benzene rings is 1. The quantitative estimate of drug-likeness (QED) is 0.934. The minimum atomic E-state index is 0.460. The first kappa shape index (κ1) is 13.6. The number of rotatable bonds is 3. The van der Waals surface area contributed by atoms with Crippen molar-refractivity contribution in [3.8, 4) is 16.3 Å². The van der Waals surface area contributed by atoms with Crippen LogP contribution in [-0.2, 0) is 6.42 Å². The number of thiazole rings is 1. The van der Waals surface area contributed by atoms with Crippen LogP contribution in [-0.4, -0.2) is 19.1 Å². The Kier molecular flexibility index (Phi) is 3.76. The van der Waals surface area contributed by atoms with E-state index in [-0.39, 0.29) is 0 Å². The van der Waals surface area contributed by atoms with Crippen LogP contribution in [0.3, 0.4) is 0 Å². The van der Waals surface area contributed by atoms with Crippen molar-refractivity contribution in [1.29, 1.82) is 0 Å². The molecule has 1 atom stereocenters. The van der Waals surface area contributed by atoms with Crippen molar-refractivity contribution in [2.24, 2.45) is 0 Å². The van der Waals surface area contributed by atoms with Gasteiger partial charge in [0.05, 0.1) is 18.4 Å². The van der Waals surface area contributed by atoms with Gasteiger partial charge in [0.15, 0.2) is 0 Å². The molecule has 3 nitrogen and oxygen atoms in total. The van der Waals surface area contributed by atoms with Crippen molar-refractivity contribution in [3.63, 3.8) is 0 Å². The average Bonchev–Trinajstić information content (AvgIpc) is 2.90. The van der Waals surface area contributed by atoms with Gasteiger partial charge in [0, 0.05) is 10.9 Å². The molecule has 0 amide bonds. The van der Waals surface area contributed by atoms with E-state index in [1.165, 1.54) is 29.0 Å². The van der Waals surface area contributed by atoms with Crippen molar-refractivity contribution in [2.45, 2.75) is 32.2 Å². The number of hydrogen-bond acceptors (Lipinski definition) is 4. The first-order valence-corrected chi connectivity index (χ1v) is 7.86. The number of hydrogen-bond donors (Lipinski definition) is 1. The summed E-state index contributed by atoms with van der Waals surface area (Å²) in [7, 11) is 3.76. The Bertz CT molecular complexity index is 621. The van der Waals surface area contributed by atoms with E-state index in [9.17, 15) is 0 Å². The van der Waals surface area contributed by atoms with Crippen LogP contribution in [0.25, 0.3) is 10.6 Å². The van der Waals surface area contributed by atoms with Gasteiger partial charge < -0.3 is 10.1 Å². The number of aromatic nitrogens is 1. The highest BCUT2D eigenvalue weighted by atomic mass is 32.1. The molecule has 0 saturated heterocycles. The minimum Gasteiger partial charge on any atom is -0.496 e. The highest BCUT2D eigenvalue weighted by Crippen LogP contribution is 2.40. The van der Waals surface area contributed by atoms with Crippen LogP contribution in [0.2, 0.25) is 0 Å². The van der Waals surface area contributed by atoms with Crippen LogP contribution in [0.1, 0.15) is 35.0 Å². The second-order valence-corrected chi connectivity index (χ2v) is 6.30. The number of fused-ring (bicyclic) bond motifs is 1. The Hall–Kier alpha value is -1.39. The summed E-state index contributed by atoms with van der Waals surface area (Å²) in [6.07, 6.45) is 3.51. The van der Waals surface area contributed by atoms with Crippen molar-refractivity contribution >= 4 is 11.3 Å². The molecule has 1 unspecified atom stereocenters. The molecular formula is C16H20N2OS. The van der Waals surface area contributed by atoms with Gasteiger partial charge in [-0.3, -0.25) is 0 Å². The zero-order valence-corrected chi connectivity index (χ0v) is 13.0. The molecule has 20 heavy (non-hydrogen) atoms. The molecule has 1 N–H and O–H groups in total. The lowest BCUT2D eigenvalue weighted by atomic mass is 9.98. The monoisotopic (exact) mass is 288 g/mol. The van der Waals surface area contributed by atoms with Crippen molar-refractivity contribution in [3.05, 3.63) is 34.3 Å². The fourth-order valence-electron chi connectivity index (χ4n) is 2.79. The Morgan fingerprint density at radius 3 is 3.00 bits per heavy atom. The Morgan fingerprint density at radius 2 is 2.25 bits per heavy atom. The first-order chi connectivity index (χ1) is 9.72. The molecule has 0 radical (unpaired) electrons. The molecule has 1 heterocycles. The van der Waals surface area contributed by atoms with Gasteiger partial charge in [0.1, 0.15) is 10.8 Å². The number of methoxy groups -OCH3 is 1. The summed E-state index contributed by atoms with van der Waals surface area (Å²) in [5.74, 6) is 0.914. The molecule has 0 bridgehead atoms. The predicted octanol–water partition coefficient (Wildman–Crippen LogP) is 3.72. The van der Waals surface area contributed by atoms with Gasteiger partial charge in [-0.1, -0.05) is 6.07 Å². The van der Waals surface area contributed by atoms with Crippen molar-refractivity contribution in [2.75, 3.05) is 14.2 Å². The highest BCUT2D eigenvalue weighted by molar-refractivity contribution is 7.15. The lowest BCUT2D eigenvalue weighted by Gasteiger charge is -2.19. The molecule has 0 spiro atoms. The maximum absolute atomic E-state index is 5.52. The maximum Gasteiger partial charge on any atom is 0.129 e.